The van der Waals surface area contributed by atoms with Crippen molar-refractivity contribution in [2.24, 2.45) is 0 Å². The number of nitrogens with one attached hydrogen (secondary N) is 1. The van der Waals surface area contributed by atoms with Gasteiger partial charge >= 0.3 is 0 Å². The van der Waals surface area contributed by atoms with Crippen LogP contribution in [0.15, 0.2) is 22.7 Å². The number of ether oxygens (including phenoxy) is 1. The molecule has 0 heterocycles. The number of rotatable bonds is 7. The Balaban J connectivity index is 2.67. The van der Waals surface area contributed by atoms with Gasteiger partial charge < -0.3 is 10.1 Å². The SMILES string of the molecule is CCCNC(COC(C)(C)C)Cc1ccc(Br)cc1Cl. The molecule has 0 aliphatic rings. The predicted molar refractivity (Wildman–Crippen MR) is 90.6 cm³/mol. The zero-order chi connectivity index (χ0) is 15.2. The van der Waals surface area contributed by atoms with Gasteiger partial charge in [0.2, 0.25) is 0 Å². The molecule has 0 saturated carbocycles. The maximum Gasteiger partial charge on any atom is 0.0630 e. The van der Waals surface area contributed by atoms with Crippen LogP contribution in [-0.4, -0.2) is 24.8 Å². The quantitative estimate of drug-likeness (QED) is 0.750. The summed E-state index contributed by atoms with van der Waals surface area (Å²) in [6.07, 6.45) is 1.99. The summed E-state index contributed by atoms with van der Waals surface area (Å²) in [5.74, 6) is 0. The standard InChI is InChI=1S/C16H25BrClNO/c1-5-8-19-14(11-20-16(2,3)4)9-12-6-7-13(17)10-15(12)18/h6-7,10,14,19H,5,8-9,11H2,1-4H3. The molecule has 0 saturated heterocycles. The number of halogens is 2. The summed E-state index contributed by atoms with van der Waals surface area (Å²) < 4.78 is 6.92. The Morgan fingerprint density at radius 1 is 1.35 bits per heavy atom. The van der Waals surface area contributed by atoms with Crippen molar-refractivity contribution in [1.29, 1.82) is 0 Å². The molecular formula is C16H25BrClNO. The maximum absolute atomic E-state index is 6.30. The molecular weight excluding hydrogens is 338 g/mol. The number of hydrogen-bond donors (Lipinski definition) is 1. The maximum atomic E-state index is 6.30. The van der Waals surface area contributed by atoms with Crippen molar-refractivity contribution >= 4 is 27.5 Å². The summed E-state index contributed by atoms with van der Waals surface area (Å²) in [5.41, 5.74) is 1.04. The fourth-order valence-corrected chi connectivity index (χ4v) is 2.59. The molecule has 0 amide bonds. The lowest BCUT2D eigenvalue weighted by Crippen LogP contribution is -2.38. The van der Waals surface area contributed by atoms with Gasteiger partial charge in [-0.15, -0.1) is 0 Å². The van der Waals surface area contributed by atoms with Crippen LogP contribution in [0.2, 0.25) is 5.02 Å². The average Bonchev–Trinajstić information content (AvgIpc) is 2.34. The highest BCUT2D eigenvalue weighted by Gasteiger charge is 2.16. The third kappa shape index (κ3) is 7.07. The fourth-order valence-electron chi connectivity index (χ4n) is 1.84. The van der Waals surface area contributed by atoms with Crippen molar-refractivity contribution in [2.75, 3.05) is 13.2 Å². The Labute approximate surface area is 136 Å². The molecule has 0 radical (unpaired) electrons. The van der Waals surface area contributed by atoms with Crippen molar-refractivity contribution in [3.63, 3.8) is 0 Å². The Morgan fingerprint density at radius 3 is 2.60 bits per heavy atom. The minimum atomic E-state index is -0.115. The topological polar surface area (TPSA) is 21.3 Å². The second kappa shape index (κ2) is 8.38. The highest BCUT2D eigenvalue weighted by atomic mass is 79.9. The van der Waals surface area contributed by atoms with E-state index in [-0.39, 0.29) is 11.6 Å². The van der Waals surface area contributed by atoms with E-state index in [0.29, 0.717) is 6.61 Å². The van der Waals surface area contributed by atoms with Crippen LogP contribution in [0.3, 0.4) is 0 Å². The molecule has 0 aliphatic heterocycles. The minimum Gasteiger partial charge on any atom is -0.374 e. The van der Waals surface area contributed by atoms with Gasteiger partial charge in [-0.3, -0.25) is 0 Å². The first kappa shape index (κ1) is 18.0. The van der Waals surface area contributed by atoms with E-state index >= 15 is 0 Å². The van der Waals surface area contributed by atoms with Crippen LogP contribution in [0.25, 0.3) is 0 Å². The molecule has 114 valence electrons. The van der Waals surface area contributed by atoms with Crippen molar-refractivity contribution in [1.82, 2.24) is 5.32 Å². The Hall–Kier alpha value is -0.0900. The van der Waals surface area contributed by atoms with Gasteiger partial charge in [-0.25, -0.2) is 0 Å². The summed E-state index contributed by atoms with van der Waals surface area (Å²) in [6, 6.07) is 6.33. The molecule has 1 aromatic rings. The van der Waals surface area contributed by atoms with E-state index < -0.39 is 0 Å². The second-order valence-corrected chi connectivity index (χ2v) is 7.34. The van der Waals surface area contributed by atoms with Gasteiger partial charge in [0.1, 0.15) is 0 Å². The van der Waals surface area contributed by atoms with Gasteiger partial charge in [0, 0.05) is 15.5 Å². The number of hydrogen-bond acceptors (Lipinski definition) is 2. The van der Waals surface area contributed by atoms with E-state index in [0.717, 1.165) is 34.4 Å². The van der Waals surface area contributed by atoms with Crippen LogP contribution >= 0.6 is 27.5 Å². The van der Waals surface area contributed by atoms with Crippen molar-refractivity contribution in [3.05, 3.63) is 33.3 Å². The molecule has 0 aliphatic carbocycles. The van der Waals surface area contributed by atoms with E-state index in [1.54, 1.807) is 0 Å². The molecule has 1 N–H and O–H groups in total. The number of benzene rings is 1. The lowest BCUT2D eigenvalue weighted by atomic mass is 10.1. The predicted octanol–water partition coefficient (Wildman–Crippen LogP) is 4.83. The van der Waals surface area contributed by atoms with Gasteiger partial charge in [-0.05, 0) is 57.9 Å². The normalized spacial score (nSPS) is 13.5. The lowest BCUT2D eigenvalue weighted by molar-refractivity contribution is -0.0143. The third-order valence-electron chi connectivity index (χ3n) is 2.88. The highest BCUT2D eigenvalue weighted by Crippen LogP contribution is 2.23. The largest absolute Gasteiger partial charge is 0.374 e. The van der Waals surface area contributed by atoms with Gasteiger partial charge in [-0.1, -0.05) is 40.5 Å². The third-order valence-corrected chi connectivity index (χ3v) is 3.73. The van der Waals surface area contributed by atoms with Gasteiger partial charge in [0.15, 0.2) is 0 Å². The summed E-state index contributed by atoms with van der Waals surface area (Å²) in [4.78, 5) is 0. The molecule has 1 aromatic carbocycles. The lowest BCUT2D eigenvalue weighted by Gasteiger charge is -2.25. The molecule has 1 atom stereocenters. The van der Waals surface area contributed by atoms with Crippen LogP contribution < -0.4 is 5.32 Å². The monoisotopic (exact) mass is 361 g/mol. The summed E-state index contributed by atoms with van der Waals surface area (Å²) in [6.45, 7) is 10.1. The van der Waals surface area contributed by atoms with E-state index in [2.05, 4.69) is 55.0 Å². The Morgan fingerprint density at radius 2 is 2.05 bits per heavy atom. The molecule has 0 spiro atoms. The molecule has 0 bridgehead atoms. The fraction of sp³-hybridized carbons (Fsp3) is 0.625. The molecule has 4 heteroatoms. The molecule has 0 fully saturated rings. The van der Waals surface area contributed by atoms with Crippen molar-refractivity contribution in [2.45, 2.75) is 52.2 Å². The summed E-state index contributed by atoms with van der Waals surface area (Å²) >= 11 is 9.74. The van der Waals surface area contributed by atoms with E-state index in [1.165, 1.54) is 0 Å². The molecule has 1 rings (SSSR count). The Kier molecular flexibility index (Phi) is 7.52. The average molecular weight is 363 g/mol. The second-order valence-electron chi connectivity index (χ2n) is 6.01. The van der Waals surface area contributed by atoms with Crippen LogP contribution in [-0.2, 0) is 11.2 Å². The minimum absolute atomic E-state index is 0.115. The van der Waals surface area contributed by atoms with Crippen LogP contribution in [0.1, 0.15) is 39.7 Å². The van der Waals surface area contributed by atoms with Crippen LogP contribution in [0.5, 0.6) is 0 Å². The Bertz CT molecular complexity index is 417. The van der Waals surface area contributed by atoms with Crippen molar-refractivity contribution in [3.8, 4) is 0 Å². The van der Waals surface area contributed by atoms with E-state index in [9.17, 15) is 0 Å². The van der Waals surface area contributed by atoms with Gasteiger partial charge in [0.25, 0.3) is 0 Å². The first-order chi connectivity index (χ1) is 9.31. The highest BCUT2D eigenvalue weighted by molar-refractivity contribution is 9.10. The van der Waals surface area contributed by atoms with Crippen LogP contribution in [0, 0.1) is 0 Å². The zero-order valence-corrected chi connectivity index (χ0v) is 15.1. The molecule has 20 heavy (non-hydrogen) atoms. The van der Waals surface area contributed by atoms with Crippen molar-refractivity contribution < 1.29 is 4.74 Å². The van der Waals surface area contributed by atoms with E-state index in [1.807, 2.05) is 12.1 Å². The van der Waals surface area contributed by atoms with Gasteiger partial charge in [-0.2, -0.15) is 0 Å². The summed E-state index contributed by atoms with van der Waals surface area (Å²) in [7, 11) is 0. The first-order valence-electron chi connectivity index (χ1n) is 7.13. The molecule has 0 aromatic heterocycles. The smallest absolute Gasteiger partial charge is 0.0630 e. The summed E-state index contributed by atoms with van der Waals surface area (Å²) in [5, 5.41) is 4.34. The first-order valence-corrected chi connectivity index (χ1v) is 8.30. The molecule has 2 nitrogen and oxygen atoms in total. The molecule has 1 unspecified atom stereocenters. The van der Waals surface area contributed by atoms with E-state index in [4.69, 9.17) is 16.3 Å². The zero-order valence-electron chi connectivity index (χ0n) is 12.8. The van der Waals surface area contributed by atoms with Gasteiger partial charge in [0.05, 0.1) is 12.2 Å². The van der Waals surface area contributed by atoms with Crippen LogP contribution in [0.4, 0.5) is 0 Å².